The number of fused-ring (bicyclic) bond motifs is 1. The topological polar surface area (TPSA) is 53.1 Å². The van der Waals surface area contributed by atoms with Crippen molar-refractivity contribution in [2.24, 2.45) is 0 Å². The van der Waals surface area contributed by atoms with Gasteiger partial charge >= 0.3 is 0 Å². The maximum absolute atomic E-state index is 13.1. The zero-order valence-electron chi connectivity index (χ0n) is 15.2. The third-order valence-corrected chi connectivity index (χ3v) is 5.07. The van der Waals surface area contributed by atoms with Gasteiger partial charge in [-0.05, 0) is 30.3 Å². The van der Waals surface area contributed by atoms with Crippen molar-refractivity contribution in [1.82, 2.24) is 4.90 Å². The molecular weight excluding hydrogens is 401 g/mol. The quantitative estimate of drug-likeness (QED) is 0.763. The fourth-order valence-corrected chi connectivity index (χ4v) is 3.59. The lowest BCUT2D eigenvalue weighted by Crippen LogP contribution is -2.52. The molecule has 0 bridgehead atoms. The monoisotopic (exact) mass is 421 g/mol. The van der Waals surface area contributed by atoms with Crippen molar-refractivity contribution < 1.29 is 14.3 Å². The number of halogens is 2. The third kappa shape index (κ3) is 4.15. The third-order valence-electron chi connectivity index (χ3n) is 4.84. The summed E-state index contributed by atoms with van der Waals surface area (Å²) < 4.78 is 5.35. The molecule has 0 N–H and O–H groups in total. The van der Waals surface area contributed by atoms with Gasteiger partial charge in [-0.25, -0.2) is 0 Å². The van der Waals surface area contributed by atoms with Crippen molar-refractivity contribution in [2.75, 3.05) is 49.3 Å². The fraction of sp³-hybridized carbons (Fsp3) is 0.300. The molecule has 2 aliphatic heterocycles. The maximum atomic E-state index is 13.1. The second-order valence-electron chi connectivity index (χ2n) is 6.58. The second-order valence-corrected chi connectivity index (χ2v) is 7.02. The Morgan fingerprint density at radius 2 is 1.82 bits per heavy atom. The van der Waals surface area contributed by atoms with Gasteiger partial charge in [0.1, 0.15) is 6.67 Å². The molecule has 2 aromatic carbocycles. The average molecular weight is 422 g/mol. The van der Waals surface area contributed by atoms with Crippen molar-refractivity contribution in [3.8, 4) is 0 Å². The standard InChI is InChI=1S/C20H20ClN3O3.ClH/c21-15-4-3-5-16(12-15)23-14-24(18-7-2-1-6-17(18)20(23)26)19(25)13-22-8-10-27-11-9-22;/h1-7,12H,8-11,13-14H2;1H. The van der Waals surface area contributed by atoms with Crippen molar-refractivity contribution in [2.45, 2.75) is 0 Å². The number of hydrogen-bond acceptors (Lipinski definition) is 4. The Labute approximate surface area is 175 Å². The van der Waals surface area contributed by atoms with Crippen LogP contribution in [0.4, 0.5) is 11.4 Å². The molecule has 6 nitrogen and oxygen atoms in total. The first-order chi connectivity index (χ1) is 13.1. The van der Waals surface area contributed by atoms with Gasteiger partial charge in [-0.1, -0.05) is 29.8 Å². The molecule has 1 fully saturated rings. The van der Waals surface area contributed by atoms with E-state index in [4.69, 9.17) is 16.3 Å². The minimum atomic E-state index is -0.136. The number of hydrogen-bond donors (Lipinski definition) is 0. The summed E-state index contributed by atoms with van der Waals surface area (Å²) in [7, 11) is 0. The minimum absolute atomic E-state index is 0. The Hall–Kier alpha value is -2.12. The van der Waals surface area contributed by atoms with Crippen LogP contribution in [0.1, 0.15) is 10.4 Å². The molecule has 2 aliphatic rings. The predicted molar refractivity (Wildman–Crippen MR) is 112 cm³/mol. The van der Waals surface area contributed by atoms with E-state index in [2.05, 4.69) is 4.90 Å². The summed E-state index contributed by atoms with van der Waals surface area (Å²) in [6, 6.07) is 14.3. The molecule has 8 heteroatoms. The van der Waals surface area contributed by atoms with E-state index in [0.717, 1.165) is 13.1 Å². The fourth-order valence-electron chi connectivity index (χ4n) is 3.41. The van der Waals surface area contributed by atoms with Gasteiger partial charge in [0.05, 0.1) is 31.0 Å². The zero-order valence-corrected chi connectivity index (χ0v) is 16.8. The molecular formula is C20H21Cl2N3O3. The number of nitrogens with zero attached hydrogens (tertiary/aromatic N) is 3. The van der Waals surface area contributed by atoms with E-state index in [1.807, 2.05) is 24.3 Å². The van der Waals surface area contributed by atoms with Crippen LogP contribution in [0.25, 0.3) is 0 Å². The summed E-state index contributed by atoms with van der Waals surface area (Å²) in [5.74, 6) is -0.174. The van der Waals surface area contributed by atoms with Gasteiger partial charge in [0, 0.05) is 23.8 Å². The van der Waals surface area contributed by atoms with Crippen molar-refractivity contribution >= 4 is 47.2 Å². The highest BCUT2D eigenvalue weighted by Crippen LogP contribution is 2.31. The average Bonchev–Trinajstić information content (AvgIpc) is 2.69. The molecule has 0 atom stereocenters. The van der Waals surface area contributed by atoms with E-state index in [1.54, 1.807) is 34.1 Å². The Balaban J connectivity index is 0.00000225. The van der Waals surface area contributed by atoms with Crippen molar-refractivity contribution in [3.05, 3.63) is 59.1 Å². The molecule has 148 valence electrons. The predicted octanol–water partition coefficient (Wildman–Crippen LogP) is 3.04. The molecule has 0 spiro atoms. The van der Waals surface area contributed by atoms with E-state index in [0.29, 0.717) is 41.7 Å². The van der Waals surface area contributed by atoms with E-state index >= 15 is 0 Å². The van der Waals surface area contributed by atoms with Crippen LogP contribution < -0.4 is 9.80 Å². The minimum Gasteiger partial charge on any atom is -0.379 e. The van der Waals surface area contributed by atoms with Gasteiger partial charge in [-0.2, -0.15) is 0 Å². The van der Waals surface area contributed by atoms with Gasteiger partial charge in [0.2, 0.25) is 5.91 Å². The van der Waals surface area contributed by atoms with Gasteiger partial charge in [0.25, 0.3) is 5.91 Å². The van der Waals surface area contributed by atoms with Crippen LogP contribution in [0.5, 0.6) is 0 Å². The first kappa shape index (κ1) is 20.6. The largest absolute Gasteiger partial charge is 0.379 e. The number of rotatable bonds is 3. The SMILES string of the molecule is Cl.O=C1c2ccccc2N(C(=O)CN2CCOCC2)CN1c1cccc(Cl)c1. The van der Waals surface area contributed by atoms with Crippen molar-refractivity contribution in [1.29, 1.82) is 0 Å². The van der Waals surface area contributed by atoms with E-state index < -0.39 is 0 Å². The highest BCUT2D eigenvalue weighted by Gasteiger charge is 2.33. The Kier molecular flexibility index (Phi) is 6.57. The lowest BCUT2D eigenvalue weighted by Gasteiger charge is -2.38. The summed E-state index contributed by atoms with van der Waals surface area (Å²) in [5, 5.41) is 0.547. The molecule has 0 unspecified atom stereocenters. The highest BCUT2D eigenvalue weighted by atomic mass is 35.5. The van der Waals surface area contributed by atoms with Crippen LogP contribution in [-0.4, -0.2) is 56.2 Å². The summed E-state index contributed by atoms with van der Waals surface area (Å²) >= 11 is 6.10. The molecule has 0 aliphatic carbocycles. The lowest BCUT2D eigenvalue weighted by molar-refractivity contribution is -0.120. The van der Waals surface area contributed by atoms with Crippen molar-refractivity contribution in [3.63, 3.8) is 0 Å². The highest BCUT2D eigenvalue weighted by molar-refractivity contribution is 6.31. The zero-order chi connectivity index (χ0) is 18.8. The van der Waals surface area contributed by atoms with Gasteiger partial charge in [0.15, 0.2) is 0 Å². The normalized spacial score (nSPS) is 17.1. The summed E-state index contributed by atoms with van der Waals surface area (Å²) in [6.45, 7) is 3.21. The number of para-hydroxylation sites is 1. The molecule has 2 amide bonds. The van der Waals surface area contributed by atoms with E-state index in [1.165, 1.54) is 0 Å². The number of carbonyl (C=O) groups excluding carboxylic acids is 2. The summed E-state index contributed by atoms with van der Waals surface area (Å²) in [6.07, 6.45) is 0. The Bertz CT molecular complexity index is 871. The number of benzene rings is 2. The lowest BCUT2D eigenvalue weighted by atomic mass is 10.1. The molecule has 28 heavy (non-hydrogen) atoms. The first-order valence-corrected chi connectivity index (χ1v) is 9.28. The molecule has 1 saturated heterocycles. The number of morpholine rings is 1. The van der Waals surface area contributed by atoms with Gasteiger partial charge in [-0.15, -0.1) is 12.4 Å². The number of ether oxygens (including phenoxy) is 1. The number of amides is 2. The number of anilines is 2. The van der Waals surface area contributed by atoms with E-state index in [9.17, 15) is 9.59 Å². The number of carbonyl (C=O) groups is 2. The molecule has 2 heterocycles. The van der Waals surface area contributed by atoms with Crippen LogP contribution in [0, 0.1) is 0 Å². The smallest absolute Gasteiger partial charge is 0.261 e. The van der Waals surface area contributed by atoms with E-state index in [-0.39, 0.29) is 30.9 Å². The molecule has 0 radical (unpaired) electrons. The van der Waals surface area contributed by atoms with Crippen LogP contribution in [0.15, 0.2) is 48.5 Å². The molecule has 4 rings (SSSR count). The Morgan fingerprint density at radius 3 is 2.57 bits per heavy atom. The van der Waals surface area contributed by atoms with Gasteiger partial charge < -0.3 is 4.74 Å². The van der Waals surface area contributed by atoms with Crippen LogP contribution >= 0.6 is 24.0 Å². The molecule has 0 saturated carbocycles. The maximum Gasteiger partial charge on any atom is 0.261 e. The first-order valence-electron chi connectivity index (χ1n) is 8.90. The molecule has 0 aromatic heterocycles. The summed E-state index contributed by atoms with van der Waals surface area (Å²) in [5.41, 5.74) is 1.84. The molecule has 2 aromatic rings. The Morgan fingerprint density at radius 1 is 1.07 bits per heavy atom. The summed E-state index contributed by atoms with van der Waals surface area (Å²) in [4.78, 5) is 31.4. The van der Waals surface area contributed by atoms with Crippen LogP contribution in [0.3, 0.4) is 0 Å². The van der Waals surface area contributed by atoms with Gasteiger partial charge in [-0.3, -0.25) is 24.3 Å². The van der Waals surface area contributed by atoms with Crippen LogP contribution in [-0.2, 0) is 9.53 Å². The van der Waals surface area contributed by atoms with Crippen LogP contribution in [0.2, 0.25) is 5.02 Å². The second kappa shape index (κ2) is 8.92.